The van der Waals surface area contributed by atoms with Crippen LogP contribution in [-0.4, -0.2) is 106 Å². The summed E-state index contributed by atoms with van der Waals surface area (Å²) < 4.78 is 36.7. The monoisotopic (exact) mass is 1050 g/mol. The Morgan fingerprint density at radius 2 is 1.22 bits per heavy atom. The predicted molar refractivity (Wildman–Crippen MR) is 298 cm³/mol. The lowest BCUT2D eigenvalue weighted by molar-refractivity contribution is -0.125. The van der Waals surface area contributed by atoms with Crippen molar-refractivity contribution in [3.63, 3.8) is 0 Å². The Balaban J connectivity index is 1.03. The van der Waals surface area contributed by atoms with Gasteiger partial charge in [0.2, 0.25) is 11.8 Å². The van der Waals surface area contributed by atoms with E-state index in [0.29, 0.717) is 107 Å². The molecule has 4 aliphatic heterocycles. The fourth-order valence-electron chi connectivity index (χ4n) is 9.89. The number of benzene rings is 5. The Labute approximate surface area is 449 Å². The van der Waals surface area contributed by atoms with Gasteiger partial charge in [-0.25, -0.2) is 0 Å². The normalized spacial score (nSPS) is 16.2. The van der Waals surface area contributed by atoms with Gasteiger partial charge in [-0.15, -0.1) is 0 Å². The van der Waals surface area contributed by atoms with Gasteiger partial charge in [-0.05, 0) is 105 Å². The van der Waals surface area contributed by atoms with Gasteiger partial charge in [-0.3, -0.25) is 39.0 Å². The summed E-state index contributed by atoms with van der Waals surface area (Å²) in [6.45, 7) is 8.82. The highest BCUT2D eigenvalue weighted by molar-refractivity contribution is 7.80. The van der Waals surface area contributed by atoms with Gasteiger partial charge in [0.05, 0.1) is 66.6 Å². The quantitative estimate of drug-likeness (QED) is 0.0637. The molecule has 17 heteroatoms. The third-order valence-corrected chi connectivity index (χ3v) is 14.4. The molecule has 4 aliphatic rings. The van der Waals surface area contributed by atoms with Crippen molar-refractivity contribution in [3.05, 3.63) is 124 Å². The van der Waals surface area contributed by atoms with Crippen LogP contribution >= 0.6 is 12.6 Å². The number of fused-ring (bicyclic) bond motifs is 8. The number of nitrogens with zero attached hydrogens (tertiary/aromatic N) is 5. The smallest absolute Gasteiger partial charge is 0.261 e. The molecule has 9 rings (SSSR count). The number of para-hydroxylation sites is 2. The average molecular weight is 1050 g/mol. The first-order valence-corrected chi connectivity index (χ1v) is 26.3. The lowest BCUT2D eigenvalue weighted by atomic mass is 10.0. The maximum Gasteiger partial charge on any atom is 0.261 e. The fourth-order valence-corrected chi connectivity index (χ4v) is 10.00. The fraction of sp³-hybridized carbons (Fsp3) is 0.390. The third kappa shape index (κ3) is 11.8. The summed E-state index contributed by atoms with van der Waals surface area (Å²) >= 11 is 4.24. The van der Waals surface area contributed by atoms with Crippen LogP contribution in [0.2, 0.25) is 0 Å². The molecule has 16 nitrogen and oxygen atoms in total. The second kappa shape index (κ2) is 22.9. The number of methoxy groups -OCH3 is 3. The van der Waals surface area contributed by atoms with Gasteiger partial charge in [0.15, 0.2) is 23.0 Å². The second-order valence-electron chi connectivity index (χ2n) is 20.6. The van der Waals surface area contributed by atoms with E-state index in [-0.39, 0.29) is 68.3 Å². The van der Waals surface area contributed by atoms with E-state index in [1.165, 1.54) is 14.2 Å². The molecule has 0 bridgehead atoms. The average Bonchev–Trinajstić information content (AvgIpc) is 4.00. The number of thiol groups is 1. The first-order valence-electron chi connectivity index (χ1n) is 25.7. The van der Waals surface area contributed by atoms with Crippen LogP contribution in [0.1, 0.15) is 96.3 Å². The van der Waals surface area contributed by atoms with Crippen molar-refractivity contribution in [3.8, 4) is 23.0 Å². The van der Waals surface area contributed by atoms with Crippen LogP contribution in [0.5, 0.6) is 23.0 Å². The Bertz CT molecular complexity index is 2920. The molecule has 4 amide bonds. The lowest BCUT2D eigenvalue weighted by Crippen LogP contribution is -2.38. The minimum Gasteiger partial charge on any atom is -0.493 e. The number of anilines is 3. The number of rotatable bonds is 22. The first-order chi connectivity index (χ1) is 36.6. The van der Waals surface area contributed by atoms with Crippen molar-refractivity contribution in [2.45, 2.75) is 103 Å². The van der Waals surface area contributed by atoms with E-state index in [4.69, 9.17) is 38.4 Å². The van der Waals surface area contributed by atoms with Crippen molar-refractivity contribution in [1.82, 2.24) is 5.32 Å². The standard InChI is InChI=1S/C59H66N6O10S/c1-58(2,75-36-59(3,4)72-7)19-18-55(67)63(21-12-17-54(66)60-20-22-76)41-24-37(34-73-52-30-46-44(28-50(52)70-5)56(68)64-42(32-61-46)26-39-13-8-10-15-48(39)64)23-38(25-41)35-74-53-31-47-45(29-51(53)71-6)57(69)65-43(33-62-47)27-40-14-9-11-16-49(40)65/h8-11,13-16,23-25,28-33,42-43,76H,12,17-22,26-27,34-36H2,1-7H3,(H,60,66)/t42-,43-/m0/s1. The molecule has 0 unspecified atom stereocenters. The molecule has 2 atom stereocenters. The van der Waals surface area contributed by atoms with Gasteiger partial charge >= 0.3 is 0 Å². The molecule has 0 aromatic heterocycles. The highest BCUT2D eigenvalue weighted by Gasteiger charge is 2.38. The molecule has 0 aliphatic carbocycles. The zero-order valence-corrected chi connectivity index (χ0v) is 45.1. The van der Waals surface area contributed by atoms with Gasteiger partial charge in [0.1, 0.15) is 13.2 Å². The Kier molecular flexibility index (Phi) is 16.2. The summed E-state index contributed by atoms with van der Waals surface area (Å²) in [7, 11) is 4.69. The lowest BCUT2D eigenvalue weighted by Gasteiger charge is -2.32. The molecular formula is C59H66N6O10S. The number of ether oxygens (including phenoxy) is 6. The molecule has 0 saturated heterocycles. The van der Waals surface area contributed by atoms with E-state index in [1.54, 1.807) is 46.1 Å². The number of aliphatic imine (C=N–C) groups is 2. The predicted octanol–water partition coefficient (Wildman–Crippen LogP) is 9.60. The van der Waals surface area contributed by atoms with Crippen molar-refractivity contribution < 1.29 is 47.6 Å². The Morgan fingerprint density at radius 1 is 0.697 bits per heavy atom. The van der Waals surface area contributed by atoms with Crippen molar-refractivity contribution in [2.75, 3.05) is 61.5 Å². The Hall–Kier alpha value is -7.21. The van der Waals surface area contributed by atoms with Gasteiger partial charge < -0.3 is 38.6 Å². The van der Waals surface area contributed by atoms with Crippen molar-refractivity contribution in [2.24, 2.45) is 9.98 Å². The second-order valence-corrected chi connectivity index (χ2v) is 21.0. The molecule has 76 heavy (non-hydrogen) atoms. The molecule has 0 saturated carbocycles. The zero-order chi connectivity index (χ0) is 53.7. The van der Waals surface area contributed by atoms with Gasteiger partial charge in [0, 0.05) is 93.3 Å². The van der Waals surface area contributed by atoms with E-state index in [1.807, 2.05) is 107 Å². The number of nitrogens with one attached hydrogen (secondary N) is 1. The van der Waals surface area contributed by atoms with Crippen LogP contribution < -0.4 is 39.0 Å². The Morgan fingerprint density at radius 3 is 1.72 bits per heavy atom. The minimum atomic E-state index is -0.664. The van der Waals surface area contributed by atoms with E-state index in [2.05, 4.69) is 17.9 Å². The number of hydrogen-bond donors (Lipinski definition) is 2. The van der Waals surface area contributed by atoms with E-state index >= 15 is 0 Å². The maximum absolute atomic E-state index is 14.7. The van der Waals surface area contributed by atoms with Crippen molar-refractivity contribution in [1.29, 1.82) is 0 Å². The molecule has 4 heterocycles. The summed E-state index contributed by atoms with van der Waals surface area (Å²) in [5, 5.41) is 2.87. The van der Waals surface area contributed by atoms with Crippen LogP contribution in [0, 0.1) is 0 Å². The molecular weight excluding hydrogens is 985 g/mol. The van der Waals surface area contributed by atoms with Crippen molar-refractivity contribution >= 4 is 77.1 Å². The molecule has 5 aromatic rings. The number of carbonyl (C=O) groups excluding carboxylic acids is 4. The first kappa shape index (κ1) is 53.6. The SMILES string of the molecule is COc1cc2c(cc1OCc1cc(COc3cc4c(cc3OC)C(=O)N3c5ccccc5C[C@H]3C=N4)cc(N(CCCC(=O)NCCS)C(=O)CCC(C)(C)OCC(C)(C)OC)c1)N=C[C@@H]1Cc3ccccc3N1C2=O. The van der Waals surface area contributed by atoms with Gasteiger partial charge in [-0.2, -0.15) is 12.6 Å². The van der Waals surface area contributed by atoms with Gasteiger partial charge in [-0.1, -0.05) is 36.4 Å². The number of amides is 4. The highest BCUT2D eigenvalue weighted by Crippen LogP contribution is 2.43. The van der Waals surface area contributed by atoms with Crippen LogP contribution in [-0.2, 0) is 45.1 Å². The zero-order valence-electron chi connectivity index (χ0n) is 44.2. The number of hydrogen-bond acceptors (Lipinski definition) is 13. The number of carbonyl (C=O) groups is 4. The highest BCUT2D eigenvalue weighted by atomic mass is 32.1. The largest absolute Gasteiger partial charge is 0.493 e. The van der Waals surface area contributed by atoms with Crippen LogP contribution in [0.15, 0.2) is 101 Å². The van der Waals surface area contributed by atoms with E-state index < -0.39 is 11.2 Å². The summed E-state index contributed by atoms with van der Waals surface area (Å²) in [5.41, 5.74) is 6.32. The summed E-state index contributed by atoms with van der Waals surface area (Å²) in [4.78, 5) is 70.8. The van der Waals surface area contributed by atoms with Crippen LogP contribution in [0.25, 0.3) is 0 Å². The summed E-state index contributed by atoms with van der Waals surface area (Å²) in [5.74, 6) is 1.26. The molecule has 5 aromatic carbocycles. The third-order valence-electron chi connectivity index (χ3n) is 14.2. The topological polar surface area (TPSA) is 170 Å². The maximum atomic E-state index is 14.7. The van der Waals surface area contributed by atoms with Crippen LogP contribution in [0.4, 0.5) is 28.4 Å². The van der Waals surface area contributed by atoms with E-state index in [9.17, 15) is 19.2 Å². The van der Waals surface area contributed by atoms with E-state index in [0.717, 1.165) is 22.5 Å². The molecule has 0 radical (unpaired) electrons. The molecule has 1 N–H and O–H groups in total. The minimum absolute atomic E-state index is 0.0138. The molecule has 0 spiro atoms. The van der Waals surface area contributed by atoms with Gasteiger partial charge in [0.25, 0.3) is 11.8 Å². The molecule has 0 fully saturated rings. The summed E-state index contributed by atoms with van der Waals surface area (Å²) in [6, 6.07) is 27.8. The summed E-state index contributed by atoms with van der Waals surface area (Å²) in [6.07, 6.45) is 6.06. The van der Waals surface area contributed by atoms with Crippen LogP contribution in [0.3, 0.4) is 0 Å². The molecule has 398 valence electrons.